The zero-order chi connectivity index (χ0) is 14.7. The van der Waals surface area contributed by atoms with Crippen LogP contribution in [0.5, 0.6) is 0 Å². The van der Waals surface area contributed by atoms with Gasteiger partial charge in [-0.15, -0.1) is 0 Å². The summed E-state index contributed by atoms with van der Waals surface area (Å²) in [4.78, 5) is 6.33. The van der Waals surface area contributed by atoms with E-state index in [1.54, 1.807) is 6.07 Å². The molecule has 114 valence electrons. The fraction of sp³-hybridized carbons (Fsp3) is 0.462. The third-order valence-corrected chi connectivity index (χ3v) is 4.90. The number of oxazole rings is 1. The highest BCUT2D eigenvalue weighted by Gasteiger charge is 2.16. The van der Waals surface area contributed by atoms with E-state index < -0.39 is 10.0 Å². The number of nitrogens with one attached hydrogen (secondary N) is 1. The van der Waals surface area contributed by atoms with Crippen LogP contribution in [0.2, 0.25) is 0 Å². The van der Waals surface area contributed by atoms with E-state index in [2.05, 4.69) is 14.6 Å². The quantitative estimate of drug-likeness (QED) is 0.862. The van der Waals surface area contributed by atoms with E-state index in [1.807, 2.05) is 0 Å². The molecule has 0 spiro atoms. The van der Waals surface area contributed by atoms with Crippen LogP contribution in [0.4, 0.5) is 0 Å². The standard InChI is InChI=1S/C13H17N3O4S/c17-21(18,15-3-4-16-5-7-19-8-6-16)11-1-2-12-13(9-11)20-10-14-12/h1-2,9-10,15H,3-8H2. The summed E-state index contributed by atoms with van der Waals surface area (Å²) in [5, 5.41) is 0. The lowest BCUT2D eigenvalue weighted by molar-refractivity contribution is 0.0390. The van der Waals surface area contributed by atoms with Gasteiger partial charge in [0.1, 0.15) is 5.52 Å². The van der Waals surface area contributed by atoms with E-state index in [4.69, 9.17) is 9.15 Å². The van der Waals surface area contributed by atoms with Gasteiger partial charge in [-0.25, -0.2) is 18.1 Å². The van der Waals surface area contributed by atoms with Crippen molar-refractivity contribution in [3.05, 3.63) is 24.6 Å². The molecule has 1 aromatic carbocycles. The predicted molar refractivity (Wildman–Crippen MR) is 76.5 cm³/mol. The molecule has 1 fully saturated rings. The average Bonchev–Trinajstić information content (AvgIpc) is 2.95. The Bertz CT molecular complexity index is 707. The highest BCUT2D eigenvalue weighted by molar-refractivity contribution is 7.89. The van der Waals surface area contributed by atoms with Crippen molar-refractivity contribution in [2.45, 2.75) is 4.90 Å². The maximum absolute atomic E-state index is 12.2. The molecule has 8 heteroatoms. The van der Waals surface area contributed by atoms with Gasteiger partial charge in [-0.3, -0.25) is 4.90 Å². The minimum atomic E-state index is -3.53. The molecule has 0 unspecified atom stereocenters. The summed E-state index contributed by atoms with van der Waals surface area (Å²) in [5.41, 5.74) is 1.10. The van der Waals surface area contributed by atoms with Gasteiger partial charge >= 0.3 is 0 Å². The SMILES string of the molecule is O=S(=O)(NCCN1CCOCC1)c1ccc2ncoc2c1. The molecule has 3 rings (SSSR count). The minimum Gasteiger partial charge on any atom is -0.443 e. The average molecular weight is 311 g/mol. The zero-order valence-electron chi connectivity index (χ0n) is 11.5. The van der Waals surface area contributed by atoms with Gasteiger partial charge in [-0.1, -0.05) is 0 Å². The molecular formula is C13H17N3O4S. The molecule has 21 heavy (non-hydrogen) atoms. The van der Waals surface area contributed by atoms with Gasteiger partial charge < -0.3 is 9.15 Å². The molecule has 0 amide bonds. The second-order valence-electron chi connectivity index (χ2n) is 4.83. The van der Waals surface area contributed by atoms with Crippen LogP contribution in [0, 0.1) is 0 Å². The molecule has 0 saturated carbocycles. The topological polar surface area (TPSA) is 84.7 Å². The number of fused-ring (bicyclic) bond motifs is 1. The van der Waals surface area contributed by atoms with Crippen molar-refractivity contribution in [1.82, 2.24) is 14.6 Å². The van der Waals surface area contributed by atoms with E-state index >= 15 is 0 Å². The van der Waals surface area contributed by atoms with Crippen LogP contribution in [0.3, 0.4) is 0 Å². The van der Waals surface area contributed by atoms with E-state index in [0.717, 1.165) is 13.1 Å². The number of morpholine rings is 1. The van der Waals surface area contributed by atoms with Gasteiger partial charge in [0.05, 0.1) is 18.1 Å². The van der Waals surface area contributed by atoms with Gasteiger partial charge in [0.15, 0.2) is 12.0 Å². The highest BCUT2D eigenvalue weighted by atomic mass is 32.2. The molecule has 1 saturated heterocycles. The number of hydrogen-bond donors (Lipinski definition) is 1. The first-order valence-electron chi connectivity index (χ1n) is 6.78. The van der Waals surface area contributed by atoms with Crippen molar-refractivity contribution in [3.8, 4) is 0 Å². The lowest BCUT2D eigenvalue weighted by Crippen LogP contribution is -2.41. The van der Waals surface area contributed by atoms with Crippen LogP contribution in [0.15, 0.2) is 33.9 Å². The van der Waals surface area contributed by atoms with Gasteiger partial charge in [0.25, 0.3) is 0 Å². The van der Waals surface area contributed by atoms with Crippen LogP contribution >= 0.6 is 0 Å². The fourth-order valence-electron chi connectivity index (χ4n) is 2.25. The summed E-state index contributed by atoms with van der Waals surface area (Å²) in [6.07, 6.45) is 1.30. The van der Waals surface area contributed by atoms with Crippen LogP contribution in [-0.2, 0) is 14.8 Å². The molecule has 1 aliphatic rings. The molecule has 2 aromatic rings. The van der Waals surface area contributed by atoms with Crippen molar-refractivity contribution in [1.29, 1.82) is 0 Å². The molecule has 1 aromatic heterocycles. The number of hydrogen-bond acceptors (Lipinski definition) is 6. The number of benzene rings is 1. The molecule has 7 nitrogen and oxygen atoms in total. The minimum absolute atomic E-state index is 0.189. The Kier molecular flexibility index (Phi) is 4.20. The summed E-state index contributed by atoms with van der Waals surface area (Å²) in [6, 6.07) is 4.65. The zero-order valence-corrected chi connectivity index (χ0v) is 12.3. The summed E-state index contributed by atoms with van der Waals surface area (Å²) in [7, 11) is -3.53. The third-order valence-electron chi connectivity index (χ3n) is 3.44. The van der Waals surface area contributed by atoms with Gasteiger partial charge in [-0.05, 0) is 12.1 Å². The van der Waals surface area contributed by atoms with E-state index in [1.165, 1.54) is 18.5 Å². The van der Waals surface area contributed by atoms with Crippen molar-refractivity contribution >= 4 is 21.1 Å². The number of sulfonamides is 1. The Morgan fingerprint density at radius 2 is 2.10 bits per heavy atom. The van der Waals surface area contributed by atoms with E-state index in [9.17, 15) is 8.42 Å². The molecule has 1 N–H and O–H groups in total. The third kappa shape index (κ3) is 3.41. The summed E-state index contributed by atoms with van der Waals surface area (Å²) in [5.74, 6) is 0. The van der Waals surface area contributed by atoms with Crippen molar-refractivity contribution in [2.24, 2.45) is 0 Å². The first-order chi connectivity index (χ1) is 10.1. The number of aromatic nitrogens is 1. The molecular weight excluding hydrogens is 294 g/mol. The first-order valence-corrected chi connectivity index (χ1v) is 8.26. The lowest BCUT2D eigenvalue weighted by atomic mass is 10.3. The van der Waals surface area contributed by atoms with Crippen LogP contribution in [0.1, 0.15) is 0 Å². The molecule has 0 atom stereocenters. The highest BCUT2D eigenvalue weighted by Crippen LogP contribution is 2.17. The first kappa shape index (κ1) is 14.5. The maximum Gasteiger partial charge on any atom is 0.240 e. The maximum atomic E-state index is 12.2. The van der Waals surface area contributed by atoms with Gasteiger partial charge in [-0.2, -0.15) is 0 Å². The smallest absolute Gasteiger partial charge is 0.240 e. The van der Waals surface area contributed by atoms with Crippen LogP contribution < -0.4 is 4.72 Å². The Hall–Kier alpha value is -1.48. The second-order valence-corrected chi connectivity index (χ2v) is 6.60. The Morgan fingerprint density at radius 1 is 1.29 bits per heavy atom. The molecule has 1 aliphatic heterocycles. The Balaban J connectivity index is 1.62. The fourth-order valence-corrected chi connectivity index (χ4v) is 3.28. The normalized spacial score (nSPS) is 17.3. The summed E-state index contributed by atoms with van der Waals surface area (Å²) >= 11 is 0. The van der Waals surface area contributed by atoms with Crippen LogP contribution in [-0.4, -0.2) is 57.7 Å². The van der Waals surface area contributed by atoms with Crippen molar-refractivity contribution in [2.75, 3.05) is 39.4 Å². The number of rotatable bonds is 5. The van der Waals surface area contributed by atoms with Gasteiger partial charge in [0.2, 0.25) is 10.0 Å². The molecule has 2 heterocycles. The number of nitrogens with zero attached hydrogens (tertiary/aromatic N) is 2. The second kappa shape index (κ2) is 6.10. The van der Waals surface area contributed by atoms with Crippen LogP contribution in [0.25, 0.3) is 11.1 Å². The Morgan fingerprint density at radius 3 is 2.90 bits per heavy atom. The monoisotopic (exact) mass is 311 g/mol. The van der Waals surface area contributed by atoms with Crippen molar-refractivity contribution in [3.63, 3.8) is 0 Å². The van der Waals surface area contributed by atoms with Crippen molar-refractivity contribution < 1.29 is 17.6 Å². The Labute approximate surface area is 122 Å². The van der Waals surface area contributed by atoms with E-state index in [0.29, 0.717) is 37.4 Å². The summed E-state index contributed by atoms with van der Waals surface area (Å²) in [6.45, 7) is 4.13. The number of ether oxygens (including phenoxy) is 1. The molecule has 0 bridgehead atoms. The largest absolute Gasteiger partial charge is 0.443 e. The summed E-state index contributed by atoms with van der Waals surface area (Å²) < 4.78 is 37.4. The van der Waals surface area contributed by atoms with E-state index in [-0.39, 0.29) is 4.90 Å². The van der Waals surface area contributed by atoms with Gasteiger partial charge in [0, 0.05) is 32.2 Å². The lowest BCUT2D eigenvalue weighted by Gasteiger charge is -2.26. The molecule has 0 aliphatic carbocycles. The predicted octanol–water partition coefficient (Wildman–Crippen LogP) is 0.438. The molecule has 0 radical (unpaired) electrons.